The summed E-state index contributed by atoms with van der Waals surface area (Å²) in [6.07, 6.45) is 2.64. The third kappa shape index (κ3) is 3.83. The number of nitro benzene ring substituents is 1. The first-order chi connectivity index (χ1) is 14.2. The number of rotatable bonds is 4. The number of non-ortho nitro benzene ring substituents is 1. The molecule has 3 aromatic carbocycles. The minimum absolute atomic E-state index is 0.0275. The highest BCUT2D eigenvalue weighted by Crippen LogP contribution is 2.25. The number of nitro groups is 1. The van der Waals surface area contributed by atoms with Gasteiger partial charge in [0.15, 0.2) is 5.43 Å². The quantitative estimate of drug-likeness (QED) is 0.396. The van der Waals surface area contributed by atoms with Crippen LogP contribution in [0.2, 0.25) is 0 Å². The molecule has 0 fully saturated rings. The van der Waals surface area contributed by atoms with E-state index in [1.807, 2.05) is 0 Å². The Bertz CT molecular complexity index is 1480. The second-order valence-corrected chi connectivity index (χ2v) is 8.55. The molecular formula is C21H15N3O5S. The van der Waals surface area contributed by atoms with E-state index in [1.165, 1.54) is 18.2 Å². The van der Waals surface area contributed by atoms with Gasteiger partial charge in [0, 0.05) is 40.4 Å². The minimum Gasteiger partial charge on any atom is -0.289 e. The molecule has 0 aliphatic rings. The van der Waals surface area contributed by atoms with Crippen molar-refractivity contribution in [2.45, 2.75) is 0 Å². The molecule has 0 saturated carbocycles. The molecule has 0 aliphatic heterocycles. The van der Waals surface area contributed by atoms with Crippen LogP contribution in [0.25, 0.3) is 32.8 Å². The molecule has 1 heterocycles. The lowest BCUT2D eigenvalue weighted by Crippen LogP contribution is -2.10. The van der Waals surface area contributed by atoms with E-state index in [2.05, 4.69) is 9.71 Å². The third-order valence-electron chi connectivity index (χ3n) is 4.60. The van der Waals surface area contributed by atoms with E-state index >= 15 is 0 Å². The average molecular weight is 421 g/mol. The predicted molar refractivity (Wildman–Crippen MR) is 116 cm³/mol. The topological polar surface area (TPSA) is 119 Å². The molecule has 0 aliphatic carbocycles. The molecule has 1 aromatic heterocycles. The number of benzene rings is 2. The van der Waals surface area contributed by atoms with Gasteiger partial charge in [0.25, 0.3) is 5.69 Å². The van der Waals surface area contributed by atoms with Gasteiger partial charge in [-0.2, -0.15) is 0 Å². The van der Waals surface area contributed by atoms with Gasteiger partial charge in [-0.25, -0.2) is 8.42 Å². The van der Waals surface area contributed by atoms with Gasteiger partial charge in [0.05, 0.1) is 16.7 Å². The fraction of sp³-hybridized carbons (Fsp3) is 0.0476. The Hall–Kier alpha value is -3.85. The van der Waals surface area contributed by atoms with Crippen molar-refractivity contribution in [1.82, 2.24) is 4.98 Å². The number of hydrogen-bond donors (Lipinski definition) is 1. The zero-order valence-electron chi connectivity index (χ0n) is 15.7. The molecule has 0 atom stereocenters. The van der Waals surface area contributed by atoms with Gasteiger partial charge in [-0.3, -0.25) is 24.6 Å². The van der Waals surface area contributed by atoms with Gasteiger partial charge in [0.1, 0.15) is 0 Å². The zero-order valence-corrected chi connectivity index (χ0v) is 16.5. The molecule has 9 heteroatoms. The van der Waals surface area contributed by atoms with Gasteiger partial charge in [-0.1, -0.05) is 12.1 Å². The summed E-state index contributed by atoms with van der Waals surface area (Å²) in [5, 5.41) is 12.2. The van der Waals surface area contributed by atoms with Gasteiger partial charge < -0.3 is 0 Å². The number of nitrogens with zero attached hydrogens (tertiary/aromatic N) is 2. The molecule has 8 nitrogen and oxygen atoms in total. The smallest absolute Gasteiger partial charge is 0.269 e. The summed E-state index contributed by atoms with van der Waals surface area (Å²) in [6.45, 7) is 0. The van der Waals surface area contributed by atoms with Crippen LogP contribution in [0.3, 0.4) is 0 Å². The van der Waals surface area contributed by atoms with E-state index in [9.17, 15) is 23.3 Å². The summed E-state index contributed by atoms with van der Waals surface area (Å²) < 4.78 is 25.4. The maximum atomic E-state index is 13.2. The highest BCUT2D eigenvalue weighted by molar-refractivity contribution is 7.92. The molecule has 150 valence electrons. The summed E-state index contributed by atoms with van der Waals surface area (Å²) in [6, 6.07) is 15.9. The van der Waals surface area contributed by atoms with Crippen molar-refractivity contribution >= 4 is 43.1 Å². The fourth-order valence-corrected chi connectivity index (χ4v) is 3.77. The highest BCUT2D eigenvalue weighted by Gasteiger charge is 2.10. The second kappa shape index (κ2) is 7.20. The van der Waals surface area contributed by atoms with E-state index in [4.69, 9.17) is 0 Å². The number of aromatic nitrogens is 1. The van der Waals surface area contributed by atoms with Gasteiger partial charge >= 0.3 is 0 Å². The van der Waals surface area contributed by atoms with E-state index < -0.39 is 14.9 Å². The molecule has 30 heavy (non-hydrogen) atoms. The Kier molecular flexibility index (Phi) is 4.67. The lowest BCUT2D eigenvalue weighted by molar-refractivity contribution is -0.384. The molecule has 0 amide bonds. The number of anilines is 1. The minimum atomic E-state index is -3.48. The van der Waals surface area contributed by atoms with Crippen LogP contribution in [0, 0.1) is 10.1 Å². The van der Waals surface area contributed by atoms with Gasteiger partial charge in [-0.15, -0.1) is 0 Å². The molecular weight excluding hydrogens is 406 g/mol. The Labute approximate surface area is 171 Å². The molecule has 0 radical (unpaired) electrons. The maximum absolute atomic E-state index is 13.2. The lowest BCUT2D eigenvalue weighted by Gasteiger charge is -2.04. The molecule has 1 N–H and O–H groups in total. The fourth-order valence-electron chi connectivity index (χ4n) is 3.21. The van der Waals surface area contributed by atoms with E-state index in [0.29, 0.717) is 38.5 Å². The van der Waals surface area contributed by atoms with E-state index in [1.54, 1.807) is 48.7 Å². The lowest BCUT2D eigenvalue weighted by atomic mass is 10.1. The SMILES string of the molecule is CS(=O)(=O)Nc1ccc2ccc3ncc(-c4ccc([N+](=O)[O-])cc4)cc3c(=O)c2c1. The number of fused-ring (bicyclic) bond motifs is 2. The zero-order chi connectivity index (χ0) is 21.5. The molecule has 0 saturated heterocycles. The molecule has 0 spiro atoms. The van der Waals surface area contributed by atoms with E-state index in [0.717, 1.165) is 6.26 Å². The van der Waals surface area contributed by atoms with Crippen LogP contribution < -0.4 is 10.2 Å². The number of pyridine rings is 1. The molecule has 4 aromatic rings. The van der Waals surface area contributed by atoms with Crippen molar-refractivity contribution in [1.29, 1.82) is 0 Å². The first kappa shape index (κ1) is 19.5. The first-order valence-corrected chi connectivity index (χ1v) is 10.7. The normalized spacial score (nSPS) is 11.5. The Balaban J connectivity index is 1.91. The van der Waals surface area contributed by atoms with Crippen molar-refractivity contribution < 1.29 is 13.3 Å². The third-order valence-corrected chi connectivity index (χ3v) is 5.20. The van der Waals surface area contributed by atoms with Crippen LogP contribution >= 0.6 is 0 Å². The van der Waals surface area contributed by atoms with Gasteiger partial charge in [-0.05, 0) is 47.3 Å². The average Bonchev–Trinajstić information content (AvgIpc) is 2.83. The Morgan fingerprint density at radius 1 is 0.933 bits per heavy atom. The summed E-state index contributed by atoms with van der Waals surface area (Å²) >= 11 is 0. The summed E-state index contributed by atoms with van der Waals surface area (Å²) in [7, 11) is -3.48. The number of sulfonamides is 1. The largest absolute Gasteiger partial charge is 0.289 e. The standard InChI is InChI=1S/C21H15N3O5S/c1-30(28,29)23-16-6-2-14-5-9-20-19(21(25)18(14)11-16)10-15(12-22-20)13-3-7-17(8-4-13)24(26)27/h2-12,23H,1H3. The summed E-state index contributed by atoms with van der Waals surface area (Å²) in [5.41, 5.74) is 1.78. The monoisotopic (exact) mass is 421 g/mol. The summed E-state index contributed by atoms with van der Waals surface area (Å²) in [5.74, 6) is 0. The van der Waals surface area contributed by atoms with Crippen molar-refractivity contribution in [2.24, 2.45) is 0 Å². The van der Waals surface area contributed by atoms with Crippen LogP contribution in [0.1, 0.15) is 0 Å². The first-order valence-electron chi connectivity index (χ1n) is 8.81. The van der Waals surface area contributed by atoms with Crippen molar-refractivity contribution in [3.8, 4) is 11.1 Å². The number of hydrogen-bond acceptors (Lipinski definition) is 6. The van der Waals surface area contributed by atoms with E-state index in [-0.39, 0.29) is 11.1 Å². The van der Waals surface area contributed by atoms with Crippen molar-refractivity contribution in [3.05, 3.63) is 87.2 Å². The van der Waals surface area contributed by atoms with Crippen molar-refractivity contribution in [2.75, 3.05) is 11.0 Å². The maximum Gasteiger partial charge on any atom is 0.269 e. The second-order valence-electron chi connectivity index (χ2n) is 6.80. The number of nitrogens with one attached hydrogen (secondary N) is 1. The molecule has 0 bridgehead atoms. The Morgan fingerprint density at radius 2 is 1.63 bits per heavy atom. The molecule has 0 unspecified atom stereocenters. The highest BCUT2D eigenvalue weighted by atomic mass is 32.2. The van der Waals surface area contributed by atoms with Crippen LogP contribution in [-0.4, -0.2) is 24.6 Å². The van der Waals surface area contributed by atoms with Crippen molar-refractivity contribution in [3.63, 3.8) is 0 Å². The van der Waals surface area contributed by atoms with Crippen LogP contribution in [-0.2, 0) is 10.0 Å². The van der Waals surface area contributed by atoms with Crippen LogP contribution in [0.4, 0.5) is 11.4 Å². The van der Waals surface area contributed by atoms with Crippen LogP contribution in [0.5, 0.6) is 0 Å². The summed E-state index contributed by atoms with van der Waals surface area (Å²) in [4.78, 5) is 28.0. The Morgan fingerprint density at radius 3 is 2.30 bits per heavy atom. The predicted octanol–water partition coefficient (Wildman–Crippen LogP) is 3.69. The molecule has 4 rings (SSSR count). The van der Waals surface area contributed by atoms with Crippen LogP contribution in [0.15, 0.2) is 71.7 Å². The van der Waals surface area contributed by atoms with Gasteiger partial charge in [0.2, 0.25) is 10.0 Å².